The maximum absolute atomic E-state index is 6.71. The Kier molecular flexibility index (Phi) is 9.26. The van der Waals surface area contributed by atoms with E-state index >= 15 is 0 Å². The smallest absolute Gasteiger partial charge is 0.139 e. The van der Waals surface area contributed by atoms with E-state index in [9.17, 15) is 0 Å². The van der Waals surface area contributed by atoms with E-state index in [1.165, 1.54) is 33.4 Å². The molecule has 0 atom stereocenters. The second kappa shape index (κ2) is 15.9. The Bertz CT molecular complexity index is 3810. The Morgan fingerprint density at radius 1 is 0.279 bits per heavy atom. The summed E-state index contributed by atoms with van der Waals surface area (Å²) < 4.78 is 13.4. The number of hydrogen-bond acceptors (Lipinski definition) is 4. The molecule has 0 radical (unpaired) electrons. The van der Waals surface area contributed by atoms with Gasteiger partial charge in [0.2, 0.25) is 0 Å². The van der Waals surface area contributed by atoms with Gasteiger partial charge in [-0.2, -0.15) is 0 Å². The van der Waals surface area contributed by atoms with E-state index in [0.29, 0.717) is 0 Å². The first-order valence-electron chi connectivity index (χ1n) is 23.2. The minimum absolute atomic E-state index is 0.804. The van der Waals surface area contributed by atoms with E-state index in [0.717, 1.165) is 99.5 Å². The summed E-state index contributed by atoms with van der Waals surface area (Å²) in [6.45, 7) is 4.36. The van der Waals surface area contributed by atoms with Crippen LogP contribution < -0.4 is 9.80 Å². The number of fused-ring (bicyclic) bond motifs is 8. The molecule has 322 valence electrons. The Hall–Kier alpha value is -8.86. The quantitative estimate of drug-likeness (QED) is 0.152. The van der Waals surface area contributed by atoms with E-state index in [1.807, 2.05) is 0 Å². The summed E-state index contributed by atoms with van der Waals surface area (Å²) in [5.41, 5.74) is 17.1. The van der Waals surface area contributed by atoms with E-state index in [2.05, 4.69) is 254 Å². The highest BCUT2D eigenvalue weighted by Crippen LogP contribution is 2.46. The van der Waals surface area contributed by atoms with Gasteiger partial charge >= 0.3 is 0 Å². The molecule has 0 bridgehead atoms. The predicted molar refractivity (Wildman–Crippen MR) is 286 cm³/mol. The maximum Gasteiger partial charge on any atom is 0.139 e. The lowest BCUT2D eigenvalue weighted by Crippen LogP contribution is -2.12. The van der Waals surface area contributed by atoms with Crippen molar-refractivity contribution in [2.45, 2.75) is 13.8 Å². The largest absolute Gasteiger partial charge is 0.456 e. The first kappa shape index (κ1) is 39.5. The van der Waals surface area contributed by atoms with Crippen molar-refractivity contribution in [2.75, 3.05) is 9.80 Å². The third-order valence-electron chi connectivity index (χ3n) is 13.6. The van der Waals surface area contributed by atoms with Crippen LogP contribution in [0.15, 0.2) is 239 Å². The molecular formula is C64H44N2O2. The summed E-state index contributed by atoms with van der Waals surface area (Å²) in [6, 6.07) is 82.6. The van der Waals surface area contributed by atoms with Gasteiger partial charge < -0.3 is 18.6 Å². The van der Waals surface area contributed by atoms with Gasteiger partial charge in [-0.15, -0.1) is 0 Å². The van der Waals surface area contributed by atoms with Crippen LogP contribution in [0, 0.1) is 13.8 Å². The number of furan rings is 2. The zero-order valence-corrected chi connectivity index (χ0v) is 37.7. The summed E-state index contributed by atoms with van der Waals surface area (Å²) in [4.78, 5) is 4.77. The van der Waals surface area contributed by atoms with Crippen molar-refractivity contribution in [1.29, 1.82) is 0 Å². The fourth-order valence-electron chi connectivity index (χ4n) is 10.3. The van der Waals surface area contributed by atoms with Gasteiger partial charge in [0.1, 0.15) is 22.3 Å². The highest BCUT2D eigenvalue weighted by atomic mass is 16.3. The molecule has 2 heterocycles. The lowest BCUT2D eigenvalue weighted by molar-refractivity contribution is 0.656. The molecule has 4 nitrogen and oxygen atoms in total. The molecule has 11 aromatic carbocycles. The van der Waals surface area contributed by atoms with Crippen LogP contribution in [0.2, 0.25) is 0 Å². The molecule has 0 N–H and O–H groups in total. The maximum atomic E-state index is 6.71. The third kappa shape index (κ3) is 6.60. The molecule has 4 heteroatoms. The first-order chi connectivity index (χ1) is 33.5. The van der Waals surface area contributed by atoms with Gasteiger partial charge in [0, 0.05) is 61.5 Å². The molecule has 0 aliphatic heterocycles. The minimum atomic E-state index is 0.804. The number of rotatable bonds is 8. The van der Waals surface area contributed by atoms with Gasteiger partial charge in [0.05, 0.1) is 11.4 Å². The Labute approximate surface area is 394 Å². The molecule has 2 aromatic heterocycles. The minimum Gasteiger partial charge on any atom is -0.456 e. The van der Waals surface area contributed by atoms with Gasteiger partial charge in [-0.1, -0.05) is 146 Å². The van der Waals surface area contributed by atoms with Crippen LogP contribution in [0.5, 0.6) is 0 Å². The third-order valence-corrected chi connectivity index (χ3v) is 13.6. The van der Waals surface area contributed by atoms with Crippen molar-refractivity contribution >= 4 is 99.5 Å². The topological polar surface area (TPSA) is 32.8 Å². The summed E-state index contributed by atoms with van der Waals surface area (Å²) in [5.74, 6) is 0. The summed E-state index contributed by atoms with van der Waals surface area (Å²) in [7, 11) is 0. The first-order valence-corrected chi connectivity index (χ1v) is 23.2. The van der Waals surface area contributed by atoms with Crippen LogP contribution in [0.3, 0.4) is 0 Å². The lowest BCUT2D eigenvalue weighted by Gasteiger charge is -2.29. The highest BCUT2D eigenvalue weighted by molar-refractivity contribution is 6.18. The Morgan fingerprint density at radius 3 is 1.09 bits per heavy atom. The second-order valence-electron chi connectivity index (χ2n) is 17.8. The van der Waals surface area contributed by atoms with Crippen molar-refractivity contribution in [3.05, 3.63) is 242 Å². The summed E-state index contributed by atoms with van der Waals surface area (Å²) in [6.07, 6.45) is 0. The average Bonchev–Trinajstić information content (AvgIpc) is 3.91. The standard InChI is InChI=1S/C64H44N2O2/c1-41-17-9-13-25-57(41)65(59-27-15-11-23-51(59)43-19-5-3-6-20-43)49-31-29-45-35-53-55-39-56-54-36-46-30-32-50(34-48(46)38-62(54)68-64(56)40-63(55)67-61(53)37-47(45)33-49)66(58-26-14-10-18-42(58)2)60-28-16-12-24-52(60)44-21-7-4-8-22-44/h3-40H,1-2H3. The average molecular weight is 873 g/mol. The molecule has 0 saturated heterocycles. The fourth-order valence-corrected chi connectivity index (χ4v) is 10.3. The Morgan fingerprint density at radius 2 is 0.647 bits per heavy atom. The van der Waals surface area contributed by atoms with Gasteiger partial charge in [-0.05, 0) is 137 Å². The van der Waals surface area contributed by atoms with Crippen molar-refractivity contribution in [2.24, 2.45) is 0 Å². The SMILES string of the molecule is Cc1ccccc1N(c1ccc2cc3c(cc2c1)oc1cc2oc4cc5cc(N(c6ccccc6C)c6ccccc6-c6ccccc6)ccc5cc4c2cc13)c1ccccc1-c1ccccc1. The number of nitrogens with zero attached hydrogens (tertiary/aromatic N) is 2. The normalized spacial score (nSPS) is 11.7. The van der Waals surface area contributed by atoms with E-state index in [1.54, 1.807) is 0 Å². The van der Waals surface area contributed by atoms with E-state index in [4.69, 9.17) is 8.83 Å². The Balaban J connectivity index is 0.910. The summed E-state index contributed by atoms with van der Waals surface area (Å²) >= 11 is 0. The van der Waals surface area contributed by atoms with Crippen molar-refractivity contribution in [3.8, 4) is 22.3 Å². The van der Waals surface area contributed by atoms with Crippen molar-refractivity contribution in [1.82, 2.24) is 0 Å². The zero-order chi connectivity index (χ0) is 45.3. The molecule has 13 aromatic rings. The molecule has 0 saturated carbocycles. The number of benzene rings is 11. The van der Waals surface area contributed by atoms with Crippen LogP contribution >= 0.6 is 0 Å². The zero-order valence-electron chi connectivity index (χ0n) is 37.7. The number of para-hydroxylation sites is 4. The van der Waals surface area contributed by atoms with Gasteiger partial charge in [0.25, 0.3) is 0 Å². The number of hydrogen-bond donors (Lipinski definition) is 0. The second-order valence-corrected chi connectivity index (χ2v) is 17.8. The van der Waals surface area contributed by atoms with Gasteiger partial charge in [0.15, 0.2) is 0 Å². The predicted octanol–water partition coefficient (Wildman–Crippen LogP) is 18.7. The monoisotopic (exact) mass is 872 g/mol. The van der Waals surface area contributed by atoms with Crippen LogP contribution in [0.25, 0.3) is 87.7 Å². The molecule has 0 spiro atoms. The molecule has 0 aliphatic rings. The van der Waals surface area contributed by atoms with Crippen LogP contribution in [-0.4, -0.2) is 0 Å². The summed E-state index contributed by atoms with van der Waals surface area (Å²) in [5, 5.41) is 8.81. The molecular weight excluding hydrogens is 829 g/mol. The van der Waals surface area contributed by atoms with Crippen LogP contribution in [-0.2, 0) is 0 Å². The molecule has 68 heavy (non-hydrogen) atoms. The number of aryl methyl sites for hydroxylation is 2. The molecule has 0 fully saturated rings. The molecule has 0 amide bonds. The lowest BCUT2D eigenvalue weighted by atomic mass is 10.00. The molecule has 0 aliphatic carbocycles. The van der Waals surface area contributed by atoms with E-state index < -0.39 is 0 Å². The van der Waals surface area contributed by atoms with Crippen molar-refractivity contribution < 1.29 is 8.83 Å². The van der Waals surface area contributed by atoms with Gasteiger partial charge in [-0.25, -0.2) is 0 Å². The van der Waals surface area contributed by atoms with E-state index in [-0.39, 0.29) is 0 Å². The highest BCUT2D eigenvalue weighted by Gasteiger charge is 2.22. The van der Waals surface area contributed by atoms with Crippen LogP contribution in [0.4, 0.5) is 34.1 Å². The van der Waals surface area contributed by atoms with Crippen LogP contribution in [0.1, 0.15) is 11.1 Å². The molecule has 0 unspecified atom stereocenters. The molecule has 13 rings (SSSR count). The number of anilines is 6. The van der Waals surface area contributed by atoms with Crippen molar-refractivity contribution in [3.63, 3.8) is 0 Å². The fraction of sp³-hybridized carbons (Fsp3) is 0.0312. The van der Waals surface area contributed by atoms with Gasteiger partial charge in [-0.3, -0.25) is 0 Å².